The highest BCUT2D eigenvalue weighted by atomic mass is 16.5. The standard InChI is InChI=1S/C13H27NO/c1-4-7-14-12(3)9-11(2)10-13-6-5-8-15-13/h11-14H,4-10H2,1-3H3. The van der Waals surface area contributed by atoms with E-state index in [0.717, 1.165) is 19.1 Å². The lowest BCUT2D eigenvalue weighted by Crippen LogP contribution is -2.29. The van der Waals surface area contributed by atoms with Crippen LogP contribution in [-0.4, -0.2) is 25.3 Å². The van der Waals surface area contributed by atoms with E-state index < -0.39 is 0 Å². The zero-order chi connectivity index (χ0) is 11.1. The highest BCUT2D eigenvalue weighted by molar-refractivity contribution is 4.71. The fourth-order valence-corrected chi connectivity index (χ4v) is 2.45. The maximum Gasteiger partial charge on any atom is 0.0578 e. The zero-order valence-corrected chi connectivity index (χ0v) is 10.6. The minimum atomic E-state index is 0.554. The Morgan fingerprint density at radius 2 is 2.20 bits per heavy atom. The molecule has 3 atom stereocenters. The van der Waals surface area contributed by atoms with E-state index in [1.165, 1.54) is 32.1 Å². The Bertz CT molecular complexity index is 155. The molecule has 2 nitrogen and oxygen atoms in total. The highest BCUT2D eigenvalue weighted by Crippen LogP contribution is 2.22. The molecular formula is C13H27NO. The molecule has 1 saturated heterocycles. The molecule has 0 bridgehead atoms. The van der Waals surface area contributed by atoms with Crippen molar-refractivity contribution >= 4 is 0 Å². The van der Waals surface area contributed by atoms with Gasteiger partial charge in [0, 0.05) is 12.6 Å². The van der Waals surface area contributed by atoms with Crippen LogP contribution in [0.2, 0.25) is 0 Å². The van der Waals surface area contributed by atoms with Crippen LogP contribution in [0, 0.1) is 5.92 Å². The van der Waals surface area contributed by atoms with Gasteiger partial charge in [0.05, 0.1) is 6.10 Å². The quantitative estimate of drug-likeness (QED) is 0.702. The van der Waals surface area contributed by atoms with E-state index in [1.807, 2.05) is 0 Å². The van der Waals surface area contributed by atoms with Crippen LogP contribution < -0.4 is 5.32 Å². The van der Waals surface area contributed by atoms with Gasteiger partial charge in [-0.05, 0) is 51.5 Å². The number of hydrogen-bond acceptors (Lipinski definition) is 2. The summed E-state index contributed by atoms with van der Waals surface area (Å²) in [5.41, 5.74) is 0. The number of nitrogens with one attached hydrogen (secondary N) is 1. The Kier molecular flexibility index (Phi) is 6.26. The van der Waals surface area contributed by atoms with Gasteiger partial charge in [-0.2, -0.15) is 0 Å². The van der Waals surface area contributed by atoms with Gasteiger partial charge in [-0.15, -0.1) is 0 Å². The third-order valence-corrected chi connectivity index (χ3v) is 3.19. The van der Waals surface area contributed by atoms with Crippen molar-refractivity contribution < 1.29 is 4.74 Å². The molecule has 0 aromatic carbocycles. The molecular weight excluding hydrogens is 186 g/mol. The summed E-state index contributed by atoms with van der Waals surface area (Å²) < 4.78 is 5.67. The van der Waals surface area contributed by atoms with Gasteiger partial charge < -0.3 is 10.1 Å². The van der Waals surface area contributed by atoms with Gasteiger partial charge in [-0.3, -0.25) is 0 Å². The molecule has 1 rings (SSSR count). The van der Waals surface area contributed by atoms with Crippen LogP contribution in [0.15, 0.2) is 0 Å². The van der Waals surface area contributed by atoms with Gasteiger partial charge >= 0.3 is 0 Å². The molecule has 0 saturated carbocycles. The Hall–Kier alpha value is -0.0800. The van der Waals surface area contributed by atoms with Gasteiger partial charge in [0.25, 0.3) is 0 Å². The zero-order valence-electron chi connectivity index (χ0n) is 10.6. The third-order valence-electron chi connectivity index (χ3n) is 3.19. The van der Waals surface area contributed by atoms with Gasteiger partial charge in [0.2, 0.25) is 0 Å². The number of ether oxygens (including phenoxy) is 1. The van der Waals surface area contributed by atoms with Gasteiger partial charge in [0.15, 0.2) is 0 Å². The minimum absolute atomic E-state index is 0.554. The van der Waals surface area contributed by atoms with E-state index in [4.69, 9.17) is 4.74 Å². The summed E-state index contributed by atoms with van der Waals surface area (Å²) >= 11 is 0. The van der Waals surface area contributed by atoms with E-state index in [-0.39, 0.29) is 0 Å². The van der Waals surface area contributed by atoms with Crippen LogP contribution in [-0.2, 0) is 4.74 Å². The summed E-state index contributed by atoms with van der Waals surface area (Å²) in [6, 6.07) is 0.654. The summed E-state index contributed by atoms with van der Waals surface area (Å²) in [5, 5.41) is 3.55. The molecule has 1 N–H and O–H groups in total. The lowest BCUT2D eigenvalue weighted by atomic mass is 9.95. The predicted molar refractivity (Wildman–Crippen MR) is 65.1 cm³/mol. The molecule has 1 fully saturated rings. The van der Waals surface area contributed by atoms with Crippen molar-refractivity contribution in [2.45, 2.75) is 65.0 Å². The molecule has 1 aliphatic heterocycles. The van der Waals surface area contributed by atoms with Crippen LogP contribution in [0.3, 0.4) is 0 Å². The lowest BCUT2D eigenvalue weighted by molar-refractivity contribution is 0.0893. The Morgan fingerprint density at radius 1 is 1.40 bits per heavy atom. The summed E-state index contributed by atoms with van der Waals surface area (Å²) in [7, 11) is 0. The molecule has 0 aromatic heterocycles. The van der Waals surface area contributed by atoms with Crippen LogP contribution >= 0.6 is 0 Å². The maximum absolute atomic E-state index is 5.67. The van der Waals surface area contributed by atoms with E-state index in [9.17, 15) is 0 Å². The predicted octanol–water partition coefficient (Wildman–Crippen LogP) is 2.97. The summed E-state index contributed by atoms with van der Waals surface area (Å²) in [5.74, 6) is 0.785. The summed E-state index contributed by atoms with van der Waals surface area (Å²) in [6.45, 7) is 9.00. The Morgan fingerprint density at radius 3 is 2.80 bits per heavy atom. The lowest BCUT2D eigenvalue weighted by Gasteiger charge is -2.20. The van der Waals surface area contributed by atoms with Crippen molar-refractivity contribution in [1.29, 1.82) is 0 Å². The first-order chi connectivity index (χ1) is 7.22. The molecule has 0 radical (unpaired) electrons. The van der Waals surface area contributed by atoms with Gasteiger partial charge in [-0.25, -0.2) is 0 Å². The molecule has 0 aromatic rings. The first-order valence-corrected chi connectivity index (χ1v) is 6.57. The number of hydrogen-bond donors (Lipinski definition) is 1. The Balaban J connectivity index is 2.08. The fourth-order valence-electron chi connectivity index (χ4n) is 2.45. The third kappa shape index (κ3) is 5.53. The monoisotopic (exact) mass is 213 g/mol. The first kappa shape index (κ1) is 13.0. The summed E-state index contributed by atoms with van der Waals surface area (Å²) in [6.07, 6.45) is 6.85. The SMILES string of the molecule is CCCNC(C)CC(C)CC1CCCO1. The normalized spacial score (nSPS) is 25.4. The van der Waals surface area contributed by atoms with Crippen molar-refractivity contribution in [2.75, 3.05) is 13.2 Å². The average molecular weight is 213 g/mol. The second-order valence-corrected chi connectivity index (χ2v) is 5.07. The van der Waals surface area contributed by atoms with Crippen molar-refractivity contribution in [2.24, 2.45) is 5.92 Å². The molecule has 0 amide bonds. The number of rotatable bonds is 7. The second kappa shape index (κ2) is 7.24. The molecule has 1 aliphatic rings. The van der Waals surface area contributed by atoms with Gasteiger partial charge in [-0.1, -0.05) is 13.8 Å². The van der Waals surface area contributed by atoms with Crippen molar-refractivity contribution in [1.82, 2.24) is 5.32 Å². The molecule has 90 valence electrons. The molecule has 0 aliphatic carbocycles. The molecule has 15 heavy (non-hydrogen) atoms. The smallest absolute Gasteiger partial charge is 0.0578 e. The summed E-state index contributed by atoms with van der Waals surface area (Å²) in [4.78, 5) is 0. The average Bonchev–Trinajstić information content (AvgIpc) is 2.67. The van der Waals surface area contributed by atoms with E-state index in [2.05, 4.69) is 26.1 Å². The van der Waals surface area contributed by atoms with Crippen molar-refractivity contribution in [3.8, 4) is 0 Å². The maximum atomic E-state index is 5.67. The van der Waals surface area contributed by atoms with Crippen LogP contribution in [0.25, 0.3) is 0 Å². The van der Waals surface area contributed by atoms with Crippen molar-refractivity contribution in [3.05, 3.63) is 0 Å². The topological polar surface area (TPSA) is 21.3 Å². The van der Waals surface area contributed by atoms with Crippen molar-refractivity contribution in [3.63, 3.8) is 0 Å². The second-order valence-electron chi connectivity index (χ2n) is 5.07. The Labute approximate surface area is 94.8 Å². The van der Waals surface area contributed by atoms with Crippen LogP contribution in [0.4, 0.5) is 0 Å². The highest BCUT2D eigenvalue weighted by Gasteiger charge is 2.19. The van der Waals surface area contributed by atoms with E-state index in [0.29, 0.717) is 12.1 Å². The first-order valence-electron chi connectivity index (χ1n) is 6.57. The largest absolute Gasteiger partial charge is 0.378 e. The molecule has 3 unspecified atom stereocenters. The van der Waals surface area contributed by atoms with Crippen LogP contribution in [0.5, 0.6) is 0 Å². The fraction of sp³-hybridized carbons (Fsp3) is 1.00. The molecule has 0 spiro atoms. The molecule has 1 heterocycles. The van der Waals surface area contributed by atoms with Crippen LogP contribution in [0.1, 0.15) is 52.9 Å². The van der Waals surface area contributed by atoms with Gasteiger partial charge in [0.1, 0.15) is 0 Å². The molecule has 2 heteroatoms. The van der Waals surface area contributed by atoms with E-state index in [1.54, 1.807) is 0 Å². The van der Waals surface area contributed by atoms with E-state index >= 15 is 0 Å². The minimum Gasteiger partial charge on any atom is -0.378 e.